The molecular weight excluding hydrogens is 266 g/mol. The van der Waals surface area contributed by atoms with Crippen LogP contribution >= 0.6 is 11.6 Å². The number of rotatable bonds is 5. The maximum absolute atomic E-state index is 6.20. The first-order valence-electron chi connectivity index (χ1n) is 7.09. The van der Waals surface area contributed by atoms with Gasteiger partial charge >= 0.3 is 0 Å². The molecule has 2 rings (SSSR count). The van der Waals surface area contributed by atoms with Crippen molar-refractivity contribution in [2.45, 2.75) is 39.8 Å². The summed E-state index contributed by atoms with van der Waals surface area (Å²) in [6, 6.07) is 15.1. The van der Waals surface area contributed by atoms with E-state index in [1.165, 1.54) is 22.3 Å². The number of hydrogen-bond donors (Lipinski definition) is 1. The van der Waals surface area contributed by atoms with Crippen molar-refractivity contribution < 1.29 is 0 Å². The Balaban J connectivity index is 1.92. The van der Waals surface area contributed by atoms with Crippen LogP contribution in [0.5, 0.6) is 0 Å². The zero-order valence-electron chi connectivity index (χ0n) is 12.4. The summed E-state index contributed by atoms with van der Waals surface area (Å²) in [4.78, 5) is 0. The molecule has 0 saturated carbocycles. The average molecular weight is 288 g/mol. The summed E-state index contributed by atoms with van der Waals surface area (Å²) < 4.78 is 0. The topological polar surface area (TPSA) is 12.0 Å². The molecule has 2 aromatic rings. The zero-order valence-corrected chi connectivity index (χ0v) is 13.2. The van der Waals surface area contributed by atoms with E-state index in [9.17, 15) is 0 Å². The van der Waals surface area contributed by atoms with Crippen LogP contribution in [0.15, 0.2) is 42.5 Å². The van der Waals surface area contributed by atoms with Crippen molar-refractivity contribution in [1.82, 2.24) is 5.32 Å². The number of benzene rings is 2. The summed E-state index contributed by atoms with van der Waals surface area (Å²) >= 11 is 6.20. The SMILES string of the molecule is Cc1ccc(CNC(C)Cc2ccccc2Cl)c(C)c1. The van der Waals surface area contributed by atoms with Crippen molar-refractivity contribution in [3.63, 3.8) is 0 Å². The molecule has 2 heteroatoms. The molecule has 1 nitrogen and oxygen atoms in total. The first-order chi connectivity index (χ1) is 9.56. The number of aryl methyl sites for hydroxylation is 2. The molecule has 0 heterocycles. The molecule has 1 unspecified atom stereocenters. The highest BCUT2D eigenvalue weighted by Crippen LogP contribution is 2.17. The average Bonchev–Trinajstić information content (AvgIpc) is 2.40. The van der Waals surface area contributed by atoms with Gasteiger partial charge in [-0.3, -0.25) is 0 Å². The molecule has 106 valence electrons. The Morgan fingerprint density at radius 2 is 1.80 bits per heavy atom. The smallest absolute Gasteiger partial charge is 0.0438 e. The molecule has 0 aliphatic rings. The predicted molar refractivity (Wildman–Crippen MR) is 87.4 cm³/mol. The molecule has 0 aliphatic carbocycles. The Bertz CT molecular complexity index is 577. The van der Waals surface area contributed by atoms with Crippen molar-refractivity contribution in [2.24, 2.45) is 0 Å². The predicted octanol–water partition coefficient (Wildman–Crippen LogP) is 4.68. The van der Waals surface area contributed by atoms with Gasteiger partial charge in [0.25, 0.3) is 0 Å². The van der Waals surface area contributed by atoms with Gasteiger partial charge in [-0.15, -0.1) is 0 Å². The second kappa shape index (κ2) is 6.92. The van der Waals surface area contributed by atoms with Gasteiger partial charge in [0, 0.05) is 17.6 Å². The van der Waals surface area contributed by atoms with Gasteiger partial charge < -0.3 is 5.32 Å². The summed E-state index contributed by atoms with van der Waals surface area (Å²) in [5, 5.41) is 4.43. The fourth-order valence-corrected chi connectivity index (χ4v) is 2.61. The van der Waals surface area contributed by atoms with E-state index in [-0.39, 0.29) is 0 Å². The lowest BCUT2D eigenvalue weighted by Gasteiger charge is -2.16. The molecule has 1 atom stereocenters. The minimum Gasteiger partial charge on any atom is -0.310 e. The van der Waals surface area contributed by atoms with Crippen LogP contribution in [0.2, 0.25) is 5.02 Å². The second-order valence-corrected chi connectivity index (χ2v) is 5.91. The van der Waals surface area contributed by atoms with Gasteiger partial charge in [-0.05, 0) is 49.9 Å². The maximum atomic E-state index is 6.20. The molecule has 2 aromatic carbocycles. The van der Waals surface area contributed by atoms with Gasteiger partial charge in [0.15, 0.2) is 0 Å². The second-order valence-electron chi connectivity index (χ2n) is 5.51. The van der Waals surface area contributed by atoms with Crippen molar-refractivity contribution in [3.8, 4) is 0 Å². The van der Waals surface area contributed by atoms with Crippen LogP contribution in [0.4, 0.5) is 0 Å². The highest BCUT2D eigenvalue weighted by molar-refractivity contribution is 6.31. The summed E-state index contributed by atoms with van der Waals surface area (Å²) in [6.45, 7) is 7.40. The maximum Gasteiger partial charge on any atom is 0.0438 e. The third-order valence-electron chi connectivity index (χ3n) is 3.62. The van der Waals surface area contributed by atoms with E-state index >= 15 is 0 Å². The minimum absolute atomic E-state index is 0.399. The lowest BCUT2D eigenvalue weighted by Crippen LogP contribution is -2.28. The molecule has 0 radical (unpaired) electrons. The Morgan fingerprint density at radius 1 is 1.05 bits per heavy atom. The zero-order chi connectivity index (χ0) is 14.5. The van der Waals surface area contributed by atoms with Gasteiger partial charge in [0.1, 0.15) is 0 Å². The Hall–Kier alpha value is -1.31. The van der Waals surface area contributed by atoms with Gasteiger partial charge in [-0.25, -0.2) is 0 Å². The molecule has 0 fully saturated rings. The number of hydrogen-bond acceptors (Lipinski definition) is 1. The van der Waals surface area contributed by atoms with Crippen LogP contribution in [0.25, 0.3) is 0 Å². The normalized spacial score (nSPS) is 12.4. The van der Waals surface area contributed by atoms with E-state index in [1.807, 2.05) is 18.2 Å². The Kier molecular flexibility index (Phi) is 5.22. The van der Waals surface area contributed by atoms with Gasteiger partial charge in [-0.2, -0.15) is 0 Å². The van der Waals surface area contributed by atoms with Crippen LogP contribution in [0.1, 0.15) is 29.2 Å². The standard InChI is InChI=1S/C18H22ClN/c1-13-8-9-17(14(2)10-13)12-20-15(3)11-16-6-4-5-7-18(16)19/h4-10,15,20H,11-12H2,1-3H3. The molecule has 0 aromatic heterocycles. The van der Waals surface area contributed by atoms with E-state index in [0.717, 1.165) is 18.0 Å². The van der Waals surface area contributed by atoms with E-state index in [0.29, 0.717) is 6.04 Å². The summed E-state index contributed by atoms with van der Waals surface area (Å²) in [5.41, 5.74) is 5.23. The van der Waals surface area contributed by atoms with Crippen molar-refractivity contribution in [2.75, 3.05) is 0 Å². The van der Waals surface area contributed by atoms with Crippen molar-refractivity contribution in [1.29, 1.82) is 0 Å². The van der Waals surface area contributed by atoms with Crippen LogP contribution in [0.3, 0.4) is 0 Å². The van der Waals surface area contributed by atoms with Gasteiger partial charge in [-0.1, -0.05) is 53.6 Å². The monoisotopic (exact) mass is 287 g/mol. The highest BCUT2D eigenvalue weighted by atomic mass is 35.5. The van der Waals surface area contributed by atoms with Crippen molar-refractivity contribution >= 4 is 11.6 Å². The van der Waals surface area contributed by atoms with Gasteiger partial charge in [0.05, 0.1) is 0 Å². The fraction of sp³-hybridized carbons (Fsp3) is 0.333. The molecule has 0 saturated heterocycles. The molecule has 20 heavy (non-hydrogen) atoms. The van der Waals surface area contributed by atoms with Gasteiger partial charge in [0.2, 0.25) is 0 Å². The number of nitrogens with one attached hydrogen (secondary N) is 1. The summed E-state index contributed by atoms with van der Waals surface area (Å²) in [5.74, 6) is 0. The molecule has 1 N–H and O–H groups in total. The van der Waals surface area contributed by atoms with Crippen LogP contribution < -0.4 is 5.32 Å². The lowest BCUT2D eigenvalue weighted by atomic mass is 10.0. The quantitative estimate of drug-likeness (QED) is 0.842. The third kappa shape index (κ3) is 4.09. The minimum atomic E-state index is 0.399. The third-order valence-corrected chi connectivity index (χ3v) is 3.99. The van der Waals surface area contributed by atoms with Crippen LogP contribution in [0, 0.1) is 13.8 Å². The molecular formula is C18H22ClN. The summed E-state index contributed by atoms with van der Waals surface area (Å²) in [6.07, 6.45) is 0.949. The van der Waals surface area contributed by atoms with E-state index in [1.54, 1.807) is 0 Å². The number of halogens is 1. The van der Waals surface area contributed by atoms with Crippen LogP contribution in [-0.2, 0) is 13.0 Å². The van der Waals surface area contributed by atoms with Crippen molar-refractivity contribution in [3.05, 3.63) is 69.7 Å². The first kappa shape index (κ1) is 15.1. The largest absolute Gasteiger partial charge is 0.310 e. The molecule has 0 aliphatic heterocycles. The van der Waals surface area contributed by atoms with Crippen LogP contribution in [-0.4, -0.2) is 6.04 Å². The fourth-order valence-electron chi connectivity index (χ4n) is 2.39. The summed E-state index contributed by atoms with van der Waals surface area (Å²) in [7, 11) is 0. The molecule has 0 bridgehead atoms. The van der Waals surface area contributed by atoms with E-state index < -0.39 is 0 Å². The Labute approximate surface area is 127 Å². The molecule has 0 amide bonds. The highest BCUT2D eigenvalue weighted by Gasteiger charge is 2.07. The van der Waals surface area contributed by atoms with E-state index in [2.05, 4.69) is 50.4 Å². The Morgan fingerprint density at radius 3 is 2.50 bits per heavy atom. The molecule has 0 spiro atoms. The lowest BCUT2D eigenvalue weighted by molar-refractivity contribution is 0.544. The first-order valence-corrected chi connectivity index (χ1v) is 7.47. The van der Waals surface area contributed by atoms with E-state index in [4.69, 9.17) is 11.6 Å².